The van der Waals surface area contributed by atoms with Crippen molar-refractivity contribution in [2.24, 2.45) is 5.92 Å². The van der Waals surface area contributed by atoms with Crippen molar-refractivity contribution in [2.45, 2.75) is 31.3 Å². The number of aromatic nitrogens is 2. The number of nitrogens with zero attached hydrogens (tertiary/aromatic N) is 3. The van der Waals surface area contributed by atoms with E-state index in [9.17, 15) is 9.59 Å². The van der Waals surface area contributed by atoms with Crippen LogP contribution in [0.5, 0.6) is 0 Å². The molecule has 8 heteroatoms. The van der Waals surface area contributed by atoms with Crippen LogP contribution in [-0.4, -0.2) is 52.9 Å². The number of ether oxygens (including phenoxy) is 1. The topological polar surface area (TPSA) is 78.5 Å². The van der Waals surface area contributed by atoms with Gasteiger partial charge in [-0.2, -0.15) is 0 Å². The molecule has 3 aliphatic heterocycles. The number of thiazole rings is 1. The number of carbonyl (C=O) groups is 2. The SMILES string of the molecule is O=C(C1CC(=O)N(c2nccs2)C1)N1CCC2(CC1)OCCc1c2[nH]c2ccccc12. The Labute approximate surface area is 184 Å². The summed E-state index contributed by atoms with van der Waals surface area (Å²) in [5.41, 5.74) is 3.37. The van der Waals surface area contributed by atoms with Gasteiger partial charge in [0, 0.05) is 48.5 Å². The molecule has 31 heavy (non-hydrogen) atoms. The molecular formula is C23H24N4O3S. The molecule has 1 aromatic carbocycles. The minimum atomic E-state index is -0.345. The van der Waals surface area contributed by atoms with Crippen LogP contribution in [0.2, 0.25) is 0 Å². The van der Waals surface area contributed by atoms with Crippen molar-refractivity contribution >= 4 is 39.2 Å². The number of carbonyl (C=O) groups excluding carboxylic acids is 2. The Hall–Kier alpha value is -2.71. The van der Waals surface area contributed by atoms with Crippen LogP contribution in [0.1, 0.15) is 30.5 Å². The summed E-state index contributed by atoms with van der Waals surface area (Å²) in [5.74, 6) is -0.226. The Morgan fingerprint density at radius 1 is 1.26 bits per heavy atom. The second-order valence-corrected chi connectivity index (χ2v) is 9.54. The Balaban J connectivity index is 1.18. The number of para-hydroxylation sites is 1. The first-order chi connectivity index (χ1) is 15.1. The molecule has 0 bridgehead atoms. The number of nitrogens with one attached hydrogen (secondary N) is 1. The van der Waals surface area contributed by atoms with Crippen LogP contribution in [-0.2, 0) is 26.3 Å². The van der Waals surface area contributed by atoms with E-state index in [1.54, 1.807) is 11.1 Å². The van der Waals surface area contributed by atoms with E-state index in [0.29, 0.717) is 31.4 Å². The van der Waals surface area contributed by atoms with Crippen LogP contribution in [0.3, 0.4) is 0 Å². The highest BCUT2D eigenvalue weighted by Gasteiger charge is 2.45. The molecule has 2 amide bonds. The average molecular weight is 437 g/mol. The monoisotopic (exact) mass is 436 g/mol. The van der Waals surface area contributed by atoms with Gasteiger partial charge >= 0.3 is 0 Å². The molecule has 1 spiro atoms. The number of anilines is 1. The van der Waals surface area contributed by atoms with Crippen molar-refractivity contribution in [1.82, 2.24) is 14.9 Å². The maximum atomic E-state index is 13.2. The van der Waals surface area contributed by atoms with E-state index in [2.05, 4.69) is 34.2 Å². The summed E-state index contributed by atoms with van der Waals surface area (Å²) in [6.07, 6.45) is 4.42. The number of fused-ring (bicyclic) bond motifs is 4. The lowest BCUT2D eigenvalue weighted by Crippen LogP contribution is -2.50. The molecule has 0 radical (unpaired) electrons. The predicted octanol–water partition coefficient (Wildman–Crippen LogP) is 3.07. The van der Waals surface area contributed by atoms with E-state index >= 15 is 0 Å². The molecule has 2 aromatic heterocycles. The van der Waals surface area contributed by atoms with Crippen molar-refractivity contribution in [3.8, 4) is 0 Å². The van der Waals surface area contributed by atoms with Gasteiger partial charge in [-0.25, -0.2) is 4.98 Å². The van der Waals surface area contributed by atoms with Crippen LogP contribution in [0.15, 0.2) is 35.8 Å². The number of piperidine rings is 1. The molecule has 0 saturated carbocycles. The van der Waals surface area contributed by atoms with Crippen molar-refractivity contribution in [3.05, 3.63) is 47.1 Å². The van der Waals surface area contributed by atoms with Gasteiger partial charge in [0.05, 0.1) is 18.2 Å². The number of aromatic amines is 1. The van der Waals surface area contributed by atoms with Crippen molar-refractivity contribution in [3.63, 3.8) is 0 Å². The van der Waals surface area contributed by atoms with Gasteiger partial charge in [-0.15, -0.1) is 11.3 Å². The van der Waals surface area contributed by atoms with Gasteiger partial charge in [0.2, 0.25) is 11.8 Å². The third kappa shape index (κ3) is 3.00. The van der Waals surface area contributed by atoms with E-state index in [1.807, 2.05) is 10.3 Å². The average Bonchev–Trinajstić information content (AvgIpc) is 3.53. The summed E-state index contributed by atoms with van der Waals surface area (Å²) in [4.78, 5) is 37.1. The fourth-order valence-electron chi connectivity index (χ4n) is 5.42. The number of benzene rings is 1. The molecule has 3 aliphatic rings. The predicted molar refractivity (Wildman–Crippen MR) is 118 cm³/mol. The molecule has 5 heterocycles. The smallest absolute Gasteiger partial charge is 0.229 e. The standard InChI is InChI=1S/C23H24N4O3S/c28-19-13-15(14-27(19)22-24-8-12-31-22)21(29)26-9-6-23(7-10-26)20-17(5-11-30-23)16-3-1-2-4-18(16)25-20/h1-4,8,12,15,25H,5-7,9-11,13-14H2. The number of likely N-dealkylation sites (tertiary alicyclic amines) is 1. The fourth-order valence-corrected chi connectivity index (χ4v) is 6.09. The quantitative estimate of drug-likeness (QED) is 0.670. The Kier molecular flexibility index (Phi) is 4.40. The largest absolute Gasteiger partial charge is 0.368 e. The van der Waals surface area contributed by atoms with E-state index in [1.165, 1.54) is 28.0 Å². The van der Waals surface area contributed by atoms with Crippen LogP contribution in [0.25, 0.3) is 10.9 Å². The van der Waals surface area contributed by atoms with E-state index in [-0.39, 0.29) is 29.8 Å². The summed E-state index contributed by atoms with van der Waals surface area (Å²) in [6, 6.07) is 8.42. The van der Waals surface area contributed by atoms with Crippen molar-refractivity contribution < 1.29 is 14.3 Å². The number of amides is 2. The van der Waals surface area contributed by atoms with E-state index < -0.39 is 0 Å². The lowest BCUT2D eigenvalue weighted by atomic mass is 9.83. The first-order valence-corrected chi connectivity index (χ1v) is 11.8. The van der Waals surface area contributed by atoms with Gasteiger partial charge in [-0.3, -0.25) is 14.5 Å². The Morgan fingerprint density at radius 3 is 2.90 bits per heavy atom. The highest BCUT2D eigenvalue weighted by atomic mass is 32.1. The summed E-state index contributed by atoms with van der Waals surface area (Å²) in [7, 11) is 0. The van der Waals surface area contributed by atoms with E-state index in [0.717, 1.165) is 24.8 Å². The van der Waals surface area contributed by atoms with Gasteiger partial charge in [-0.1, -0.05) is 18.2 Å². The second-order valence-electron chi connectivity index (χ2n) is 8.66. The molecule has 3 aromatic rings. The molecule has 6 rings (SSSR count). The number of hydrogen-bond donors (Lipinski definition) is 1. The van der Waals surface area contributed by atoms with Gasteiger partial charge in [0.25, 0.3) is 0 Å². The van der Waals surface area contributed by atoms with Crippen LogP contribution in [0.4, 0.5) is 5.13 Å². The summed E-state index contributed by atoms with van der Waals surface area (Å²) in [5, 5.41) is 3.81. The number of H-pyrrole nitrogens is 1. The van der Waals surface area contributed by atoms with Gasteiger partial charge in [0.1, 0.15) is 5.60 Å². The maximum absolute atomic E-state index is 13.2. The lowest BCUT2D eigenvalue weighted by Gasteiger charge is -2.44. The first-order valence-electron chi connectivity index (χ1n) is 10.9. The number of hydrogen-bond acceptors (Lipinski definition) is 5. The molecule has 2 fully saturated rings. The summed E-state index contributed by atoms with van der Waals surface area (Å²) >= 11 is 1.43. The minimum Gasteiger partial charge on any atom is -0.368 e. The first kappa shape index (κ1) is 19.0. The Morgan fingerprint density at radius 2 is 2.10 bits per heavy atom. The van der Waals surface area contributed by atoms with Crippen LogP contribution < -0.4 is 4.90 Å². The van der Waals surface area contributed by atoms with Gasteiger partial charge < -0.3 is 14.6 Å². The third-order valence-electron chi connectivity index (χ3n) is 7.01. The number of rotatable bonds is 2. The third-order valence-corrected chi connectivity index (χ3v) is 7.80. The maximum Gasteiger partial charge on any atom is 0.229 e. The highest BCUT2D eigenvalue weighted by molar-refractivity contribution is 7.13. The minimum absolute atomic E-state index is 0.0138. The van der Waals surface area contributed by atoms with Gasteiger partial charge in [-0.05, 0) is 30.9 Å². The molecular weight excluding hydrogens is 412 g/mol. The molecule has 1 atom stereocenters. The molecule has 7 nitrogen and oxygen atoms in total. The zero-order valence-electron chi connectivity index (χ0n) is 17.2. The summed E-state index contributed by atoms with van der Waals surface area (Å²) < 4.78 is 6.36. The molecule has 0 aliphatic carbocycles. The molecule has 1 unspecified atom stereocenters. The molecule has 1 N–H and O–H groups in total. The molecule has 160 valence electrons. The zero-order valence-corrected chi connectivity index (χ0v) is 18.0. The van der Waals surface area contributed by atoms with Crippen molar-refractivity contribution in [1.29, 1.82) is 0 Å². The van der Waals surface area contributed by atoms with Crippen LogP contribution >= 0.6 is 11.3 Å². The van der Waals surface area contributed by atoms with Crippen LogP contribution in [0, 0.1) is 5.92 Å². The highest BCUT2D eigenvalue weighted by Crippen LogP contribution is 2.43. The lowest BCUT2D eigenvalue weighted by molar-refractivity contribution is -0.145. The van der Waals surface area contributed by atoms with Gasteiger partial charge in [0.15, 0.2) is 5.13 Å². The zero-order chi connectivity index (χ0) is 21.0. The van der Waals surface area contributed by atoms with E-state index in [4.69, 9.17) is 4.74 Å². The molecule has 2 saturated heterocycles. The fraction of sp³-hybridized carbons (Fsp3) is 0.435. The Bertz CT molecular complexity index is 1150. The van der Waals surface area contributed by atoms with Crippen molar-refractivity contribution in [2.75, 3.05) is 31.1 Å². The normalized spacial score (nSPS) is 23.0. The second kappa shape index (κ2) is 7.17. The summed E-state index contributed by atoms with van der Waals surface area (Å²) in [6.45, 7) is 2.43.